The van der Waals surface area contributed by atoms with Crippen molar-refractivity contribution in [2.75, 3.05) is 11.9 Å². The van der Waals surface area contributed by atoms with Crippen molar-refractivity contribution in [1.29, 1.82) is 0 Å². The Morgan fingerprint density at radius 2 is 1.54 bits per heavy atom. The summed E-state index contributed by atoms with van der Waals surface area (Å²) in [6, 6.07) is 25.5. The average molecular weight is 345 g/mol. The second-order valence-electron chi connectivity index (χ2n) is 6.05. The summed E-state index contributed by atoms with van der Waals surface area (Å²) >= 11 is 0. The lowest BCUT2D eigenvalue weighted by Gasteiger charge is -2.11. The summed E-state index contributed by atoms with van der Waals surface area (Å²) in [7, 11) is 0. The van der Waals surface area contributed by atoms with Gasteiger partial charge in [-0.1, -0.05) is 48.5 Å². The number of benzene rings is 3. The molecule has 26 heavy (non-hydrogen) atoms. The van der Waals surface area contributed by atoms with Gasteiger partial charge in [-0.05, 0) is 61.2 Å². The van der Waals surface area contributed by atoms with Crippen LogP contribution in [0.5, 0.6) is 5.75 Å². The van der Waals surface area contributed by atoms with Crippen molar-refractivity contribution in [3.8, 4) is 5.75 Å². The van der Waals surface area contributed by atoms with E-state index in [1.165, 1.54) is 5.56 Å². The number of amides is 1. The summed E-state index contributed by atoms with van der Waals surface area (Å²) < 4.78 is 5.43. The highest BCUT2D eigenvalue weighted by Gasteiger charge is 2.11. The fraction of sp³-hybridized carbons (Fsp3) is 0.174. The van der Waals surface area contributed by atoms with Crippen LogP contribution in [0.25, 0.3) is 0 Å². The number of hydrogen-bond donors (Lipinski definition) is 1. The third-order valence-corrected chi connectivity index (χ3v) is 4.21. The highest BCUT2D eigenvalue weighted by molar-refractivity contribution is 6.05. The number of aryl methyl sites for hydroxylation is 2. The first kappa shape index (κ1) is 17.7. The Morgan fingerprint density at radius 3 is 2.27 bits per heavy atom. The molecule has 0 atom stereocenters. The van der Waals surface area contributed by atoms with E-state index in [9.17, 15) is 4.79 Å². The van der Waals surface area contributed by atoms with Crippen LogP contribution in [0.2, 0.25) is 0 Å². The zero-order valence-electron chi connectivity index (χ0n) is 14.9. The van der Waals surface area contributed by atoms with Gasteiger partial charge in [0.05, 0.1) is 6.61 Å². The van der Waals surface area contributed by atoms with Gasteiger partial charge in [0, 0.05) is 11.3 Å². The molecule has 132 valence electrons. The molecule has 0 aliphatic heterocycles. The van der Waals surface area contributed by atoms with Crippen LogP contribution in [-0.2, 0) is 12.8 Å². The molecule has 0 heterocycles. The van der Waals surface area contributed by atoms with Gasteiger partial charge < -0.3 is 10.1 Å². The molecule has 0 fully saturated rings. The van der Waals surface area contributed by atoms with Crippen LogP contribution < -0.4 is 10.1 Å². The summed E-state index contributed by atoms with van der Waals surface area (Å²) in [5.74, 6) is 0.714. The monoisotopic (exact) mass is 345 g/mol. The van der Waals surface area contributed by atoms with Gasteiger partial charge >= 0.3 is 0 Å². The first-order valence-corrected chi connectivity index (χ1v) is 8.92. The second kappa shape index (κ2) is 8.86. The SMILES string of the molecule is CCOc1ccc(NC(=O)c2ccccc2CCc2ccccc2)cc1. The number of anilines is 1. The molecule has 0 aliphatic carbocycles. The van der Waals surface area contributed by atoms with Crippen LogP contribution in [0.4, 0.5) is 5.69 Å². The molecule has 0 saturated heterocycles. The van der Waals surface area contributed by atoms with Crippen LogP contribution in [0.3, 0.4) is 0 Å². The van der Waals surface area contributed by atoms with Crippen molar-refractivity contribution in [2.24, 2.45) is 0 Å². The minimum Gasteiger partial charge on any atom is -0.494 e. The van der Waals surface area contributed by atoms with Gasteiger partial charge in [0.1, 0.15) is 5.75 Å². The molecule has 3 rings (SSSR count). The molecule has 0 unspecified atom stereocenters. The number of ether oxygens (including phenoxy) is 1. The summed E-state index contributed by atoms with van der Waals surface area (Å²) in [6.45, 7) is 2.57. The smallest absolute Gasteiger partial charge is 0.255 e. The lowest BCUT2D eigenvalue weighted by molar-refractivity contribution is 0.102. The normalized spacial score (nSPS) is 10.3. The third kappa shape index (κ3) is 4.73. The molecule has 3 aromatic rings. The lowest BCUT2D eigenvalue weighted by atomic mass is 9.99. The van der Waals surface area contributed by atoms with Crippen LogP contribution >= 0.6 is 0 Å². The predicted molar refractivity (Wildman–Crippen MR) is 106 cm³/mol. The third-order valence-electron chi connectivity index (χ3n) is 4.21. The van der Waals surface area contributed by atoms with Crippen molar-refractivity contribution in [2.45, 2.75) is 19.8 Å². The Bertz CT molecular complexity index is 842. The molecule has 1 N–H and O–H groups in total. The van der Waals surface area contributed by atoms with E-state index in [2.05, 4.69) is 17.4 Å². The molecule has 3 aromatic carbocycles. The molecule has 0 radical (unpaired) electrons. The summed E-state index contributed by atoms with van der Waals surface area (Å²) in [4.78, 5) is 12.7. The summed E-state index contributed by atoms with van der Waals surface area (Å²) in [5, 5.41) is 2.97. The molecular formula is C23H23NO2. The molecule has 3 heteroatoms. The molecule has 0 bridgehead atoms. The number of rotatable bonds is 7. The largest absolute Gasteiger partial charge is 0.494 e. The molecule has 0 aromatic heterocycles. The number of nitrogens with one attached hydrogen (secondary N) is 1. The van der Waals surface area contributed by atoms with E-state index < -0.39 is 0 Å². The zero-order chi connectivity index (χ0) is 18.2. The van der Waals surface area contributed by atoms with Crippen molar-refractivity contribution >= 4 is 11.6 Å². The van der Waals surface area contributed by atoms with Crippen molar-refractivity contribution in [1.82, 2.24) is 0 Å². The van der Waals surface area contributed by atoms with Crippen LogP contribution in [0.1, 0.15) is 28.4 Å². The van der Waals surface area contributed by atoms with E-state index in [4.69, 9.17) is 4.74 Å². The highest BCUT2D eigenvalue weighted by atomic mass is 16.5. The van der Waals surface area contributed by atoms with Crippen molar-refractivity contribution in [3.63, 3.8) is 0 Å². The molecule has 0 aliphatic rings. The van der Waals surface area contributed by atoms with E-state index in [1.54, 1.807) is 0 Å². The summed E-state index contributed by atoms with van der Waals surface area (Å²) in [5.41, 5.74) is 3.81. The maximum absolute atomic E-state index is 12.7. The Morgan fingerprint density at radius 1 is 0.846 bits per heavy atom. The van der Waals surface area contributed by atoms with E-state index in [1.807, 2.05) is 73.7 Å². The van der Waals surface area contributed by atoms with E-state index >= 15 is 0 Å². The number of carbonyl (C=O) groups is 1. The van der Waals surface area contributed by atoms with Gasteiger partial charge in [-0.3, -0.25) is 4.79 Å². The predicted octanol–water partition coefficient (Wildman–Crippen LogP) is 5.12. The number of carbonyl (C=O) groups excluding carboxylic acids is 1. The van der Waals surface area contributed by atoms with Crippen LogP contribution in [-0.4, -0.2) is 12.5 Å². The van der Waals surface area contributed by atoms with Crippen LogP contribution in [0.15, 0.2) is 78.9 Å². The quantitative estimate of drug-likeness (QED) is 0.645. The fourth-order valence-electron chi connectivity index (χ4n) is 2.88. The number of hydrogen-bond acceptors (Lipinski definition) is 2. The van der Waals surface area contributed by atoms with Gasteiger partial charge in [0.2, 0.25) is 0 Å². The fourth-order valence-corrected chi connectivity index (χ4v) is 2.88. The Labute approximate surface area is 154 Å². The van der Waals surface area contributed by atoms with Crippen molar-refractivity contribution in [3.05, 3.63) is 95.6 Å². The van der Waals surface area contributed by atoms with Crippen molar-refractivity contribution < 1.29 is 9.53 Å². The first-order valence-electron chi connectivity index (χ1n) is 8.92. The van der Waals surface area contributed by atoms with Gasteiger partial charge in [-0.15, -0.1) is 0 Å². The maximum atomic E-state index is 12.7. The zero-order valence-corrected chi connectivity index (χ0v) is 14.9. The molecule has 3 nitrogen and oxygen atoms in total. The van der Waals surface area contributed by atoms with Crippen LogP contribution in [0, 0.1) is 0 Å². The van der Waals surface area contributed by atoms with Gasteiger partial charge in [0.15, 0.2) is 0 Å². The average Bonchev–Trinajstić information content (AvgIpc) is 2.69. The topological polar surface area (TPSA) is 38.3 Å². The van der Waals surface area contributed by atoms with Gasteiger partial charge in [-0.25, -0.2) is 0 Å². The summed E-state index contributed by atoms with van der Waals surface area (Å²) in [6.07, 6.45) is 1.74. The molecule has 0 spiro atoms. The molecule has 0 saturated carbocycles. The Kier molecular flexibility index (Phi) is 6.05. The Balaban J connectivity index is 1.69. The van der Waals surface area contributed by atoms with E-state index in [0.717, 1.165) is 35.4 Å². The second-order valence-corrected chi connectivity index (χ2v) is 6.05. The van der Waals surface area contributed by atoms with E-state index in [0.29, 0.717) is 6.61 Å². The minimum absolute atomic E-state index is 0.0854. The van der Waals surface area contributed by atoms with Gasteiger partial charge in [-0.2, -0.15) is 0 Å². The minimum atomic E-state index is -0.0854. The molecule has 1 amide bonds. The maximum Gasteiger partial charge on any atom is 0.255 e. The van der Waals surface area contributed by atoms with Gasteiger partial charge in [0.25, 0.3) is 5.91 Å². The molecular weight excluding hydrogens is 322 g/mol. The lowest BCUT2D eigenvalue weighted by Crippen LogP contribution is -2.14. The highest BCUT2D eigenvalue weighted by Crippen LogP contribution is 2.18. The first-order chi connectivity index (χ1) is 12.8. The Hall–Kier alpha value is -3.07. The standard InChI is InChI=1S/C23H23NO2/c1-2-26-21-16-14-20(15-17-21)24-23(25)22-11-7-6-10-19(22)13-12-18-8-4-3-5-9-18/h3-11,14-17H,2,12-13H2,1H3,(H,24,25). The van der Waals surface area contributed by atoms with E-state index in [-0.39, 0.29) is 5.91 Å².